The fraction of sp³-hybridized carbons (Fsp3) is 0.562. The second kappa shape index (κ2) is 10.0. The number of hydrogen-bond donors (Lipinski definition) is 3. The molecule has 0 fully saturated rings. The fourth-order valence-electron chi connectivity index (χ4n) is 1.74. The molecular weight excluding hydrogens is 282 g/mol. The minimum Gasteiger partial charge on any atom is -0.490 e. The Morgan fingerprint density at radius 3 is 2.77 bits per heavy atom. The topological polar surface area (TPSA) is 101 Å². The van der Waals surface area contributed by atoms with E-state index in [1.807, 2.05) is 13.8 Å². The van der Waals surface area contributed by atoms with E-state index in [9.17, 15) is 10.4 Å². The molecular formula is C16H25N3O3. The van der Waals surface area contributed by atoms with Crippen LogP contribution in [0.5, 0.6) is 11.5 Å². The van der Waals surface area contributed by atoms with Crippen LogP contribution in [0.1, 0.15) is 25.8 Å². The molecule has 0 aliphatic carbocycles. The Balaban J connectivity index is 2.68. The number of rotatable bonds is 10. The minimum absolute atomic E-state index is 0.0890. The Morgan fingerprint density at radius 1 is 1.36 bits per heavy atom. The number of nitrogens with one attached hydrogen (secondary N) is 1. The van der Waals surface area contributed by atoms with E-state index >= 15 is 0 Å². The van der Waals surface area contributed by atoms with Crippen LogP contribution in [0, 0.1) is 11.3 Å². The number of para-hydroxylation sites is 1. The molecule has 1 atom stereocenters. The van der Waals surface area contributed by atoms with Gasteiger partial charge in [0.15, 0.2) is 11.5 Å². The normalized spacial score (nSPS) is 12.0. The van der Waals surface area contributed by atoms with Gasteiger partial charge in [-0.1, -0.05) is 19.9 Å². The zero-order valence-electron chi connectivity index (χ0n) is 13.2. The molecule has 0 aromatic heterocycles. The van der Waals surface area contributed by atoms with E-state index in [2.05, 4.69) is 11.4 Å². The Kier molecular flexibility index (Phi) is 8.30. The van der Waals surface area contributed by atoms with Crippen molar-refractivity contribution in [3.63, 3.8) is 0 Å². The first-order valence-corrected chi connectivity index (χ1v) is 7.48. The van der Waals surface area contributed by atoms with E-state index in [1.54, 1.807) is 18.2 Å². The predicted octanol–water partition coefficient (Wildman–Crippen LogP) is 1.02. The number of aliphatic hydroxyl groups excluding tert-OH is 1. The van der Waals surface area contributed by atoms with Gasteiger partial charge in [0.1, 0.15) is 18.8 Å². The molecule has 0 spiro atoms. The number of nitrogens with zero attached hydrogens (tertiary/aromatic N) is 1. The summed E-state index contributed by atoms with van der Waals surface area (Å²) in [7, 11) is 0. The van der Waals surface area contributed by atoms with Gasteiger partial charge < -0.3 is 25.6 Å². The lowest BCUT2D eigenvalue weighted by Gasteiger charge is -2.17. The van der Waals surface area contributed by atoms with Crippen molar-refractivity contribution < 1.29 is 14.6 Å². The summed E-state index contributed by atoms with van der Waals surface area (Å²) in [6.07, 6.45) is 0.0583. The smallest absolute Gasteiger partial charge is 0.179 e. The fourth-order valence-corrected chi connectivity index (χ4v) is 1.74. The van der Waals surface area contributed by atoms with Crippen LogP contribution in [0.3, 0.4) is 0 Å². The number of benzene rings is 1. The molecule has 6 nitrogen and oxygen atoms in total. The van der Waals surface area contributed by atoms with Crippen molar-refractivity contribution in [3.05, 3.63) is 23.8 Å². The predicted molar refractivity (Wildman–Crippen MR) is 85.0 cm³/mol. The van der Waals surface area contributed by atoms with Crippen LogP contribution in [0.15, 0.2) is 18.2 Å². The maximum atomic E-state index is 9.90. The Morgan fingerprint density at radius 2 is 2.14 bits per heavy atom. The zero-order chi connectivity index (χ0) is 16.4. The Bertz CT molecular complexity index is 486. The first-order chi connectivity index (χ1) is 10.6. The molecule has 0 unspecified atom stereocenters. The van der Waals surface area contributed by atoms with Gasteiger partial charge in [-0.3, -0.25) is 0 Å². The van der Waals surface area contributed by atoms with E-state index < -0.39 is 6.10 Å². The molecule has 1 aromatic carbocycles. The summed E-state index contributed by atoms with van der Waals surface area (Å²) < 4.78 is 11.2. The third-order valence-corrected chi connectivity index (χ3v) is 2.89. The third-order valence-electron chi connectivity index (χ3n) is 2.89. The lowest BCUT2D eigenvalue weighted by atomic mass is 10.2. The summed E-state index contributed by atoms with van der Waals surface area (Å²) in [6, 6.07) is 7.50. The largest absolute Gasteiger partial charge is 0.490 e. The van der Waals surface area contributed by atoms with Crippen molar-refractivity contribution in [2.24, 2.45) is 5.73 Å². The van der Waals surface area contributed by atoms with E-state index in [-0.39, 0.29) is 12.6 Å². The highest BCUT2D eigenvalue weighted by molar-refractivity contribution is 5.52. The van der Waals surface area contributed by atoms with Crippen LogP contribution in [0.4, 0.5) is 0 Å². The SMILES string of the molecule is CC(C)NC[C@H](O)COc1c(C#N)cccc1OCCCN. The van der Waals surface area contributed by atoms with Crippen LogP contribution in [-0.2, 0) is 0 Å². The molecule has 1 aromatic rings. The van der Waals surface area contributed by atoms with Crippen molar-refractivity contribution in [2.75, 3.05) is 26.3 Å². The Hall–Kier alpha value is -1.81. The van der Waals surface area contributed by atoms with Crippen molar-refractivity contribution >= 4 is 0 Å². The van der Waals surface area contributed by atoms with Crippen molar-refractivity contribution in [3.8, 4) is 17.6 Å². The maximum Gasteiger partial charge on any atom is 0.179 e. The van der Waals surface area contributed by atoms with Gasteiger partial charge in [-0.2, -0.15) is 5.26 Å². The molecule has 0 saturated heterocycles. The van der Waals surface area contributed by atoms with Crippen LogP contribution >= 0.6 is 0 Å². The van der Waals surface area contributed by atoms with Crippen LogP contribution in [0.2, 0.25) is 0 Å². The monoisotopic (exact) mass is 307 g/mol. The van der Waals surface area contributed by atoms with Gasteiger partial charge in [0, 0.05) is 12.6 Å². The molecule has 0 heterocycles. The average molecular weight is 307 g/mol. The van der Waals surface area contributed by atoms with Crippen LogP contribution in [-0.4, -0.2) is 43.6 Å². The van der Waals surface area contributed by atoms with E-state index in [1.165, 1.54) is 0 Å². The average Bonchev–Trinajstić information content (AvgIpc) is 2.51. The molecule has 0 aliphatic rings. The lowest BCUT2D eigenvalue weighted by molar-refractivity contribution is 0.102. The molecule has 4 N–H and O–H groups in total. The lowest BCUT2D eigenvalue weighted by Crippen LogP contribution is -2.35. The third kappa shape index (κ3) is 6.31. The molecule has 0 amide bonds. The van der Waals surface area contributed by atoms with E-state index in [0.29, 0.717) is 36.8 Å². The number of hydrogen-bond acceptors (Lipinski definition) is 6. The van der Waals surface area contributed by atoms with Crippen LogP contribution < -0.4 is 20.5 Å². The summed E-state index contributed by atoms with van der Waals surface area (Å²) in [5.41, 5.74) is 5.82. The van der Waals surface area contributed by atoms with Crippen molar-refractivity contribution in [1.82, 2.24) is 5.32 Å². The van der Waals surface area contributed by atoms with Crippen molar-refractivity contribution in [2.45, 2.75) is 32.4 Å². The second-order valence-corrected chi connectivity index (χ2v) is 5.26. The molecule has 6 heteroatoms. The molecule has 0 saturated carbocycles. The number of nitrogens with two attached hydrogens (primary N) is 1. The first kappa shape index (κ1) is 18.2. The molecule has 1 rings (SSSR count). The number of aliphatic hydroxyl groups is 1. The van der Waals surface area contributed by atoms with Gasteiger partial charge in [0.25, 0.3) is 0 Å². The highest BCUT2D eigenvalue weighted by atomic mass is 16.5. The summed E-state index contributed by atoms with van der Waals surface area (Å²) in [6.45, 7) is 5.51. The summed E-state index contributed by atoms with van der Waals surface area (Å²) in [5.74, 6) is 0.863. The van der Waals surface area contributed by atoms with Gasteiger partial charge >= 0.3 is 0 Å². The highest BCUT2D eigenvalue weighted by Gasteiger charge is 2.13. The first-order valence-electron chi connectivity index (χ1n) is 7.48. The minimum atomic E-state index is -0.661. The molecule has 0 radical (unpaired) electrons. The zero-order valence-corrected chi connectivity index (χ0v) is 13.2. The highest BCUT2D eigenvalue weighted by Crippen LogP contribution is 2.31. The number of nitriles is 1. The maximum absolute atomic E-state index is 9.90. The summed E-state index contributed by atoms with van der Waals surface area (Å²) in [5, 5.41) is 22.2. The van der Waals surface area contributed by atoms with Crippen molar-refractivity contribution in [1.29, 1.82) is 5.26 Å². The molecule has 0 bridgehead atoms. The van der Waals surface area contributed by atoms with Gasteiger partial charge in [0.05, 0.1) is 12.2 Å². The van der Waals surface area contributed by atoms with Crippen LogP contribution in [0.25, 0.3) is 0 Å². The van der Waals surface area contributed by atoms with Gasteiger partial charge in [-0.15, -0.1) is 0 Å². The summed E-state index contributed by atoms with van der Waals surface area (Å²) in [4.78, 5) is 0. The molecule has 122 valence electrons. The number of ether oxygens (including phenoxy) is 2. The van der Waals surface area contributed by atoms with E-state index in [4.69, 9.17) is 15.2 Å². The van der Waals surface area contributed by atoms with E-state index in [0.717, 1.165) is 6.42 Å². The Labute approximate surface area is 131 Å². The molecule has 0 aliphatic heterocycles. The summed E-state index contributed by atoms with van der Waals surface area (Å²) >= 11 is 0. The molecule has 22 heavy (non-hydrogen) atoms. The van der Waals surface area contributed by atoms with Gasteiger partial charge in [-0.05, 0) is 25.1 Å². The van der Waals surface area contributed by atoms with Gasteiger partial charge in [0.2, 0.25) is 0 Å². The second-order valence-electron chi connectivity index (χ2n) is 5.26. The van der Waals surface area contributed by atoms with Gasteiger partial charge in [-0.25, -0.2) is 0 Å². The standard InChI is InChI=1S/C16H25N3O3/c1-12(2)19-10-14(20)11-22-16-13(9-18)5-3-6-15(16)21-8-4-7-17/h3,5-6,12,14,19-20H,4,7-8,10-11,17H2,1-2H3/t14-/m0/s1. The quantitative estimate of drug-likeness (QED) is 0.558.